The Morgan fingerprint density at radius 1 is 1.09 bits per heavy atom. The molecule has 2 aliphatic heterocycles. The number of rotatable bonds is 9. The van der Waals surface area contributed by atoms with Crippen LogP contribution in [0, 0.1) is 5.92 Å². The number of hydrogen-bond acceptors (Lipinski definition) is 5. The molecule has 188 valence electrons. The smallest absolute Gasteiger partial charge is 0.288 e. The maximum Gasteiger partial charge on any atom is 0.288 e. The summed E-state index contributed by atoms with van der Waals surface area (Å²) in [4.78, 5) is 17.8. The van der Waals surface area contributed by atoms with Crippen molar-refractivity contribution in [3.8, 4) is 0 Å². The Balaban J connectivity index is 1.49. The molecule has 2 aromatic rings. The van der Waals surface area contributed by atoms with Gasteiger partial charge in [0.25, 0.3) is 5.91 Å². The molecule has 3 atom stereocenters. The molecule has 0 saturated carbocycles. The molecule has 0 bridgehead atoms. The van der Waals surface area contributed by atoms with E-state index in [1.54, 1.807) is 0 Å². The summed E-state index contributed by atoms with van der Waals surface area (Å²) in [6, 6.07) is 18.6. The number of amides is 1. The number of nitrogens with zero attached hydrogens (tertiary/aromatic N) is 2. The Hall–Kier alpha value is -2.19. The summed E-state index contributed by atoms with van der Waals surface area (Å²) in [7, 11) is 0. The summed E-state index contributed by atoms with van der Waals surface area (Å²) in [6.45, 7) is 6.44. The molecule has 0 aromatic heterocycles. The second-order valence-electron chi connectivity index (χ2n) is 9.13. The van der Waals surface area contributed by atoms with Crippen molar-refractivity contribution in [3.05, 3.63) is 82.0 Å². The minimum Gasteiger partial charge on any atom is -0.459 e. The summed E-state index contributed by atoms with van der Waals surface area (Å²) in [6.07, 6.45) is 2.85. The molecule has 0 unspecified atom stereocenters. The molecule has 1 fully saturated rings. The van der Waals surface area contributed by atoms with Gasteiger partial charge in [-0.3, -0.25) is 9.69 Å². The minimum absolute atomic E-state index is 0.0162. The van der Waals surface area contributed by atoms with Crippen LogP contribution in [-0.2, 0) is 20.8 Å². The van der Waals surface area contributed by atoms with Crippen molar-refractivity contribution in [1.29, 1.82) is 0 Å². The lowest BCUT2D eigenvalue weighted by Gasteiger charge is -2.39. The molecule has 2 aliphatic rings. The first kappa shape index (κ1) is 25.9. The van der Waals surface area contributed by atoms with E-state index in [4.69, 9.17) is 9.47 Å². The number of halogens is 1. The topological polar surface area (TPSA) is 62.2 Å². The van der Waals surface area contributed by atoms with E-state index >= 15 is 0 Å². The fourth-order valence-electron chi connectivity index (χ4n) is 4.93. The SMILES string of the molecule is CCO[C@@H]1OC(C(=O)N2CCN(Cc3ccccc3)CC2)=C[C@H](c2ccc(Br)cc2)[C@H]1CCCO. The third-order valence-electron chi connectivity index (χ3n) is 6.79. The van der Waals surface area contributed by atoms with E-state index in [-0.39, 0.29) is 24.3 Å². The highest BCUT2D eigenvalue weighted by Gasteiger charge is 2.39. The van der Waals surface area contributed by atoms with Gasteiger partial charge in [-0.2, -0.15) is 0 Å². The van der Waals surface area contributed by atoms with E-state index in [0.717, 1.165) is 36.1 Å². The number of benzene rings is 2. The molecule has 1 saturated heterocycles. The molecule has 0 aliphatic carbocycles. The van der Waals surface area contributed by atoms with Crippen LogP contribution >= 0.6 is 15.9 Å². The fourth-order valence-corrected chi connectivity index (χ4v) is 5.19. The predicted molar refractivity (Wildman–Crippen MR) is 140 cm³/mol. The van der Waals surface area contributed by atoms with Crippen LogP contribution in [0.3, 0.4) is 0 Å². The van der Waals surface area contributed by atoms with E-state index in [2.05, 4.69) is 57.2 Å². The Bertz CT molecular complexity index is 974. The Labute approximate surface area is 216 Å². The van der Waals surface area contributed by atoms with E-state index in [0.29, 0.717) is 31.9 Å². The fraction of sp³-hybridized carbons (Fsp3) is 0.464. The van der Waals surface area contributed by atoms with Gasteiger partial charge in [0.05, 0.1) is 0 Å². The number of carbonyl (C=O) groups is 1. The number of ether oxygens (including phenoxy) is 2. The van der Waals surface area contributed by atoms with E-state index in [1.165, 1.54) is 5.56 Å². The highest BCUT2D eigenvalue weighted by atomic mass is 79.9. The second kappa shape index (κ2) is 12.7. The van der Waals surface area contributed by atoms with Gasteiger partial charge in [0, 0.05) is 62.2 Å². The van der Waals surface area contributed by atoms with Crippen molar-refractivity contribution in [3.63, 3.8) is 0 Å². The molecular weight excluding hydrogens is 508 g/mol. The average Bonchev–Trinajstić information content (AvgIpc) is 2.89. The lowest BCUT2D eigenvalue weighted by atomic mass is 9.80. The molecule has 0 radical (unpaired) electrons. The highest BCUT2D eigenvalue weighted by Crippen LogP contribution is 2.40. The molecule has 35 heavy (non-hydrogen) atoms. The standard InChI is InChI=1S/C28H35BrN2O4/c1-2-34-28-24(9-6-18-32)25(22-10-12-23(29)13-11-22)19-26(35-28)27(33)31-16-14-30(15-17-31)20-21-7-4-3-5-8-21/h3-5,7-8,10-13,19,24-25,28,32H,2,6,9,14-18,20H2,1H3/t24-,25-,28-/m1/s1. The van der Waals surface area contributed by atoms with Gasteiger partial charge < -0.3 is 19.5 Å². The van der Waals surface area contributed by atoms with Crippen molar-refractivity contribution < 1.29 is 19.4 Å². The summed E-state index contributed by atoms with van der Waals surface area (Å²) in [5.74, 6) is 0.283. The summed E-state index contributed by atoms with van der Waals surface area (Å²) in [5.41, 5.74) is 2.40. The molecule has 0 spiro atoms. The maximum atomic E-state index is 13.5. The Morgan fingerprint density at radius 3 is 2.46 bits per heavy atom. The van der Waals surface area contributed by atoms with Gasteiger partial charge in [-0.25, -0.2) is 0 Å². The van der Waals surface area contributed by atoms with Crippen molar-refractivity contribution in [1.82, 2.24) is 9.80 Å². The number of aliphatic hydroxyl groups is 1. The van der Waals surface area contributed by atoms with Crippen LogP contribution in [0.4, 0.5) is 0 Å². The summed E-state index contributed by atoms with van der Waals surface area (Å²) >= 11 is 3.51. The number of allylic oxidation sites excluding steroid dienone is 1. The molecule has 2 heterocycles. The number of carbonyl (C=O) groups excluding carboxylic acids is 1. The van der Waals surface area contributed by atoms with Gasteiger partial charge in [0.15, 0.2) is 5.76 Å². The Morgan fingerprint density at radius 2 is 1.80 bits per heavy atom. The van der Waals surface area contributed by atoms with Gasteiger partial charge in [0.1, 0.15) is 0 Å². The van der Waals surface area contributed by atoms with E-state index in [9.17, 15) is 9.90 Å². The molecule has 2 aromatic carbocycles. The van der Waals surface area contributed by atoms with Crippen molar-refractivity contribution in [2.75, 3.05) is 39.4 Å². The summed E-state index contributed by atoms with van der Waals surface area (Å²) in [5, 5.41) is 9.46. The third-order valence-corrected chi connectivity index (χ3v) is 7.31. The first-order chi connectivity index (χ1) is 17.1. The number of hydrogen-bond donors (Lipinski definition) is 1. The van der Waals surface area contributed by atoms with E-state index in [1.807, 2.05) is 36.1 Å². The molecular formula is C28H35BrN2O4. The number of piperazine rings is 1. The zero-order valence-electron chi connectivity index (χ0n) is 20.3. The van der Waals surface area contributed by atoms with Crippen LogP contribution in [0.1, 0.15) is 36.8 Å². The van der Waals surface area contributed by atoms with Gasteiger partial charge in [0.2, 0.25) is 6.29 Å². The van der Waals surface area contributed by atoms with Gasteiger partial charge in [-0.15, -0.1) is 0 Å². The van der Waals surface area contributed by atoms with Crippen molar-refractivity contribution in [2.45, 2.75) is 38.5 Å². The first-order valence-electron chi connectivity index (χ1n) is 12.5. The number of aliphatic hydroxyl groups excluding tert-OH is 1. The van der Waals surface area contributed by atoms with E-state index < -0.39 is 6.29 Å². The zero-order chi connectivity index (χ0) is 24.6. The largest absolute Gasteiger partial charge is 0.459 e. The highest BCUT2D eigenvalue weighted by molar-refractivity contribution is 9.10. The zero-order valence-corrected chi connectivity index (χ0v) is 21.9. The maximum absolute atomic E-state index is 13.5. The van der Waals surface area contributed by atoms with Gasteiger partial charge in [-0.1, -0.05) is 58.4 Å². The van der Waals surface area contributed by atoms with Gasteiger partial charge in [-0.05, 0) is 49.1 Å². The molecule has 7 heteroatoms. The third kappa shape index (κ3) is 6.73. The monoisotopic (exact) mass is 542 g/mol. The second-order valence-corrected chi connectivity index (χ2v) is 10.0. The molecule has 4 rings (SSSR count). The van der Waals surface area contributed by atoms with Crippen LogP contribution in [0.15, 0.2) is 70.9 Å². The quantitative estimate of drug-likeness (QED) is 0.503. The van der Waals surface area contributed by atoms with Crippen molar-refractivity contribution in [2.24, 2.45) is 5.92 Å². The van der Waals surface area contributed by atoms with Crippen LogP contribution in [0.2, 0.25) is 0 Å². The lowest BCUT2D eigenvalue weighted by molar-refractivity contribution is -0.171. The predicted octanol–water partition coefficient (Wildman–Crippen LogP) is 4.54. The molecule has 1 N–H and O–H groups in total. The first-order valence-corrected chi connectivity index (χ1v) is 13.3. The van der Waals surface area contributed by atoms with Crippen LogP contribution < -0.4 is 0 Å². The summed E-state index contributed by atoms with van der Waals surface area (Å²) < 4.78 is 13.2. The molecule has 6 nitrogen and oxygen atoms in total. The van der Waals surface area contributed by atoms with Crippen LogP contribution in [0.5, 0.6) is 0 Å². The van der Waals surface area contributed by atoms with Crippen LogP contribution in [-0.4, -0.2) is 66.5 Å². The normalized spacial score (nSPS) is 23.0. The molecule has 1 amide bonds. The minimum atomic E-state index is -0.525. The van der Waals surface area contributed by atoms with Crippen molar-refractivity contribution >= 4 is 21.8 Å². The van der Waals surface area contributed by atoms with Crippen LogP contribution in [0.25, 0.3) is 0 Å². The average molecular weight is 544 g/mol. The van der Waals surface area contributed by atoms with Gasteiger partial charge >= 0.3 is 0 Å². The Kier molecular flexibility index (Phi) is 9.38. The lowest BCUT2D eigenvalue weighted by Crippen LogP contribution is -2.49.